The van der Waals surface area contributed by atoms with E-state index in [-0.39, 0.29) is 6.10 Å². The van der Waals surface area contributed by atoms with Gasteiger partial charge in [0, 0.05) is 26.2 Å². The second-order valence-electron chi connectivity index (χ2n) is 22.7. The molecule has 1 aromatic carbocycles. The van der Waals surface area contributed by atoms with Crippen LogP contribution in [0.25, 0.3) is 0 Å². The van der Waals surface area contributed by atoms with Gasteiger partial charge >= 0.3 is 0 Å². The molecule has 0 aromatic heterocycles. The molecular formula is C60H99NO4. The fourth-order valence-electron chi connectivity index (χ4n) is 13.8. The van der Waals surface area contributed by atoms with E-state index in [1.807, 2.05) is 0 Å². The Morgan fingerprint density at radius 3 is 2.18 bits per heavy atom. The lowest BCUT2D eigenvalue weighted by molar-refractivity contribution is -0.0736. The van der Waals surface area contributed by atoms with Gasteiger partial charge in [-0.25, -0.2) is 0 Å². The van der Waals surface area contributed by atoms with Crippen LogP contribution in [0, 0.1) is 46.3 Å². The Kier molecular flexibility index (Phi) is 22.7. The zero-order valence-corrected chi connectivity index (χ0v) is 43.0. The van der Waals surface area contributed by atoms with Gasteiger partial charge in [0.05, 0.1) is 45.2 Å². The summed E-state index contributed by atoms with van der Waals surface area (Å²) in [7, 11) is 0. The summed E-state index contributed by atoms with van der Waals surface area (Å²) < 4.78 is 25.4. The lowest BCUT2D eigenvalue weighted by Crippen LogP contribution is -2.51. The molecule has 0 bridgehead atoms. The summed E-state index contributed by atoms with van der Waals surface area (Å²) in [6.07, 6.45) is 42.7. The minimum absolute atomic E-state index is 0.0461. The third kappa shape index (κ3) is 15.9. The first-order chi connectivity index (χ1) is 31.7. The first-order valence-electron chi connectivity index (χ1n) is 27.9. The van der Waals surface area contributed by atoms with Crippen molar-refractivity contribution in [3.05, 3.63) is 71.3 Å². The number of rotatable bonds is 32. The van der Waals surface area contributed by atoms with Crippen LogP contribution < -0.4 is 0 Å². The Hall–Kier alpha value is -1.76. The van der Waals surface area contributed by atoms with Gasteiger partial charge in [-0.15, -0.1) is 0 Å². The van der Waals surface area contributed by atoms with Gasteiger partial charge in [0.2, 0.25) is 0 Å². The summed E-state index contributed by atoms with van der Waals surface area (Å²) in [5.41, 5.74) is 5.55. The van der Waals surface area contributed by atoms with Gasteiger partial charge in [0.25, 0.3) is 0 Å². The Morgan fingerprint density at radius 1 is 0.708 bits per heavy atom. The van der Waals surface area contributed by atoms with Crippen molar-refractivity contribution < 1.29 is 18.9 Å². The molecule has 1 heterocycles. The second kappa shape index (κ2) is 28.0. The summed E-state index contributed by atoms with van der Waals surface area (Å²) in [6, 6.07) is 8.85. The molecule has 0 saturated heterocycles. The Bertz CT molecular complexity index is 1540. The van der Waals surface area contributed by atoms with E-state index in [1.165, 1.54) is 140 Å². The van der Waals surface area contributed by atoms with Crippen molar-refractivity contribution in [3.63, 3.8) is 0 Å². The first kappa shape index (κ1) is 52.6. The van der Waals surface area contributed by atoms with Crippen LogP contribution >= 0.6 is 0 Å². The van der Waals surface area contributed by atoms with Gasteiger partial charge in [0.1, 0.15) is 0 Å². The zero-order chi connectivity index (χ0) is 45.7. The van der Waals surface area contributed by atoms with Crippen molar-refractivity contribution in [2.75, 3.05) is 46.2 Å². The van der Waals surface area contributed by atoms with Crippen molar-refractivity contribution in [2.24, 2.45) is 46.3 Å². The van der Waals surface area contributed by atoms with Crippen LogP contribution in [0.1, 0.15) is 200 Å². The molecule has 368 valence electrons. The molecule has 5 heteroatoms. The van der Waals surface area contributed by atoms with E-state index in [1.54, 1.807) is 5.57 Å². The summed E-state index contributed by atoms with van der Waals surface area (Å²) in [5, 5.41) is 0. The number of hydrogen-bond acceptors (Lipinski definition) is 5. The maximum Gasteiger partial charge on any atom is 0.0936 e. The molecule has 0 amide bonds. The average molecular weight is 898 g/mol. The number of allylic oxidation sites excluding steroid dienone is 5. The lowest BCUT2D eigenvalue weighted by Gasteiger charge is -2.58. The summed E-state index contributed by atoms with van der Waals surface area (Å²) in [6.45, 7) is 21.9. The van der Waals surface area contributed by atoms with Crippen molar-refractivity contribution >= 4 is 0 Å². The van der Waals surface area contributed by atoms with Crippen LogP contribution in [0.4, 0.5) is 0 Å². The van der Waals surface area contributed by atoms with E-state index < -0.39 is 0 Å². The van der Waals surface area contributed by atoms with Gasteiger partial charge in [-0.2, -0.15) is 0 Å². The Balaban J connectivity index is 0.834. The molecule has 0 N–H and O–H groups in total. The van der Waals surface area contributed by atoms with Crippen molar-refractivity contribution in [3.8, 4) is 0 Å². The smallest absolute Gasteiger partial charge is 0.0936 e. The van der Waals surface area contributed by atoms with Crippen LogP contribution in [0.5, 0.6) is 0 Å². The largest absolute Gasteiger partial charge is 0.379 e. The van der Waals surface area contributed by atoms with Gasteiger partial charge < -0.3 is 18.9 Å². The SMILES string of the molecule is CCCCC/C=C\C/C=C\CCCCCCCCOCC(CN1Cc2ccccc2C1)OCCOCCO[C@H]1CC[C@@]2(C)C(=CCC3C2CC[C@@]2(C)C3CC[C@@H]2[C@H](C)CCCC(C)C)C1. The molecule has 4 aliphatic carbocycles. The minimum Gasteiger partial charge on any atom is -0.379 e. The highest BCUT2D eigenvalue weighted by Gasteiger charge is 2.59. The average Bonchev–Trinajstić information content (AvgIpc) is 3.88. The van der Waals surface area contributed by atoms with Crippen molar-refractivity contribution in [2.45, 2.75) is 215 Å². The number of nitrogens with zero attached hydrogens (tertiary/aromatic N) is 1. The highest BCUT2D eigenvalue weighted by atomic mass is 16.6. The Morgan fingerprint density at radius 2 is 1.43 bits per heavy atom. The van der Waals surface area contributed by atoms with E-state index in [0.29, 0.717) is 50.0 Å². The Labute approximate surface area is 400 Å². The number of unbranched alkanes of at least 4 members (excludes halogenated alkanes) is 9. The molecule has 5 aliphatic rings. The summed E-state index contributed by atoms with van der Waals surface area (Å²) in [5.74, 6) is 5.33. The van der Waals surface area contributed by atoms with Crippen LogP contribution in [0.15, 0.2) is 60.2 Å². The van der Waals surface area contributed by atoms with Gasteiger partial charge in [-0.3, -0.25) is 4.90 Å². The molecule has 1 aliphatic heterocycles. The quantitative estimate of drug-likeness (QED) is 0.0532. The molecule has 6 rings (SSSR count). The number of fused-ring (bicyclic) bond motifs is 6. The lowest BCUT2D eigenvalue weighted by atomic mass is 9.47. The maximum absolute atomic E-state index is 6.54. The highest BCUT2D eigenvalue weighted by molar-refractivity contribution is 5.30. The summed E-state index contributed by atoms with van der Waals surface area (Å²) in [4.78, 5) is 2.51. The van der Waals surface area contributed by atoms with Crippen LogP contribution in [-0.4, -0.2) is 63.3 Å². The van der Waals surface area contributed by atoms with Crippen molar-refractivity contribution in [1.29, 1.82) is 0 Å². The van der Waals surface area contributed by atoms with Gasteiger partial charge in [-0.1, -0.05) is 160 Å². The molecule has 5 nitrogen and oxygen atoms in total. The molecule has 9 atom stereocenters. The summed E-state index contributed by atoms with van der Waals surface area (Å²) >= 11 is 0. The molecule has 1 aromatic rings. The van der Waals surface area contributed by atoms with E-state index >= 15 is 0 Å². The number of benzene rings is 1. The van der Waals surface area contributed by atoms with E-state index in [9.17, 15) is 0 Å². The van der Waals surface area contributed by atoms with Crippen LogP contribution in [0.2, 0.25) is 0 Å². The highest BCUT2D eigenvalue weighted by Crippen LogP contribution is 2.67. The van der Waals surface area contributed by atoms with Crippen molar-refractivity contribution in [1.82, 2.24) is 4.90 Å². The topological polar surface area (TPSA) is 40.2 Å². The molecule has 3 fully saturated rings. The monoisotopic (exact) mass is 898 g/mol. The number of ether oxygens (including phenoxy) is 4. The second-order valence-corrected chi connectivity index (χ2v) is 22.7. The predicted octanol–water partition coefficient (Wildman–Crippen LogP) is 15.7. The van der Waals surface area contributed by atoms with Gasteiger partial charge in [0.15, 0.2) is 0 Å². The van der Waals surface area contributed by atoms with Gasteiger partial charge in [-0.05, 0) is 147 Å². The molecule has 3 saturated carbocycles. The molecule has 0 radical (unpaired) electrons. The standard InChI is InChI=1S/C60H99NO4/c1-7-8-9-10-11-12-13-14-15-16-17-18-19-20-21-24-38-63-47-54(46-61-44-50-28-22-23-29-51(50)45-61)65-42-40-62-39-41-64-53-34-36-59(5)52(43-53)30-31-55-57-33-32-56(49(4)27-25-26-48(2)3)60(57,6)37-35-58(55)59/h11-12,14-15,22-23,28-30,48-49,53-58H,7-10,13,16-21,24-27,31-47H2,1-6H3/b12-11-,15-14-/t49-,53+,54?,55?,56-,57?,58?,59+,60-/m1/s1. The molecular weight excluding hydrogens is 799 g/mol. The van der Waals surface area contributed by atoms with Crippen LogP contribution in [0.3, 0.4) is 0 Å². The third-order valence-corrected chi connectivity index (χ3v) is 17.6. The minimum atomic E-state index is 0.0461. The zero-order valence-electron chi connectivity index (χ0n) is 43.0. The van der Waals surface area contributed by atoms with Crippen LogP contribution in [-0.2, 0) is 32.0 Å². The molecule has 4 unspecified atom stereocenters. The fourth-order valence-corrected chi connectivity index (χ4v) is 13.8. The predicted molar refractivity (Wildman–Crippen MR) is 274 cm³/mol. The number of hydrogen-bond donors (Lipinski definition) is 0. The normalized spacial score (nSPS) is 28.7. The maximum atomic E-state index is 6.54. The first-order valence-corrected chi connectivity index (χ1v) is 27.9. The van der Waals surface area contributed by atoms with E-state index in [0.717, 1.165) is 81.0 Å². The van der Waals surface area contributed by atoms with E-state index in [2.05, 4.69) is 101 Å². The van der Waals surface area contributed by atoms with E-state index in [4.69, 9.17) is 18.9 Å². The third-order valence-electron chi connectivity index (χ3n) is 17.6. The molecule has 0 spiro atoms. The fraction of sp³-hybridized carbons (Fsp3) is 0.800. The molecule has 65 heavy (non-hydrogen) atoms.